The first-order valence-electron chi connectivity index (χ1n) is 14.8. The second kappa shape index (κ2) is 9.46. The van der Waals surface area contributed by atoms with Crippen molar-refractivity contribution in [1.29, 1.82) is 5.26 Å². The summed E-state index contributed by atoms with van der Waals surface area (Å²) in [5, 5.41) is 16.5. The van der Waals surface area contributed by atoms with E-state index in [4.69, 9.17) is 0 Å². The van der Waals surface area contributed by atoms with Crippen LogP contribution in [-0.4, -0.2) is 9.13 Å². The zero-order chi connectivity index (χ0) is 29.2. The number of benzene rings is 7. The van der Waals surface area contributed by atoms with Crippen molar-refractivity contribution in [3.63, 3.8) is 0 Å². The highest BCUT2D eigenvalue weighted by molar-refractivity contribution is 6.12. The first-order valence-corrected chi connectivity index (χ1v) is 14.8. The molecule has 0 aliphatic rings. The molecule has 0 radical (unpaired) electrons. The molecule has 0 amide bonds. The lowest BCUT2D eigenvalue weighted by Gasteiger charge is -2.10. The van der Waals surface area contributed by atoms with Gasteiger partial charge in [0.05, 0.1) is 33.7 Å². The fraction of sp³-hybridized carbons (Fsp3) is 0. The van der Waals surface area contributed by atoms with Gasteiger partial charge in [-0.05, 0) is 94.7 Å². The summed E-state index contributed by atoms with van der Waals surface area (Å²) >= 11 is 0. The first kappa shape index (κ1) is 24.5. The van der Waals surface area contributed by atoms with Crippen LogP contribution in [0, 0.1) is 11.3 Å². The highest BCUT2D eigenvalue weighted by atomic mass is 15.0. The summed E-state index contributed by atoms with van der Waals surface area (Å²) in [5.74, 6) is 0. The van der Waals surface area contributed by atoms with Crippen molar-refractivity contribution in [1.82, 2.24) is 9.13 Å². The van der Waals surface area contributed by atoms with Gasteiger partial charge in [0.2, 0.25) is 0 Å². The molecule has 2 heterocycles. The number of fused-ring (bicyclic) bond motifs is 7. The number of nitriles is 1. The summed E-state index contributed by atoms with van der Waals surface area (Å²) in [5.41, 5.74) is 10.1. The molecule has 0 fully saturated rings. The third-order valence-electron chi connectivity index (χ3n) is 8.90. The highest BCUT2D eigenvalue weighted by Gasteiger charge is 2.16. The largest absolute Gasteiger partial charge is 0.309 e. The molecule has 2 aromatic heterocycles. The summed E-state index contributed by atoms with van der Waals surface area (Å²) in [7, 11) is 0. The molecule has 0 bridgehead atoms. The fourth-order valence-electron chi connectivity index (χ4n) is 6.88. The fourth-order valence-corrected chi connectivity index (χ4v) is 6.88. The number of para-hydroxylation sites is 3. The van der Waals surface area contributed by atoms with Crippen LogP contribution in [0.1, 0.15) is 5.56 Å². The Hall–Kier alpha value is -6.11. The molecule has 0 aliphatic carbocycles. The lowest BCUT2D eigenvalue weighted by atomic mass is 10.0. The lowest BCUT2D eigenvalue weighted by molar-refractivity contribution is 1.18. The predicted octanol–water partition coefficient (Wildman–Crippen LogP) is 10.6. The molecule has 0 aliphatic heterocycles. The maximum absolute atomic E-state index is 9.34. The van der Waals surface area contributed by atoms with E-state index in [9.17, 15) is 5.26 Å². The number of nitrogens with zero attached hydrogens (tertiary/aromatic N) is 3. The molecule has 0 unspecified atom stereocenters. The summed E-state index contributed by atoms with van der Waals surface area (Å²) in [6.07, 6.45) is 0. The SMILES string of the molecule is N#Cc1ccc2cc(-n3c4ccccc4c4cc(-c5ccc6c(c5)c5ccccc5n6-c5ccccc5)ccc43)ccc2c1. The van der Waals surface area contributed by atoms with E-state index in [2.05, 4.69) is 149 Å². The molecular formula is C41H25N3. The van der Waals surface area contributed by atoms with Crippen molar-refractivity contribution >= 4 is 54.4 Å². The van der Waals surface area contributed by atoms with E-state index in [0.717, 1.165) is 16.5 Å². The molecule has 9 aromatic rings. The van der Waals surface area contributed by atoms with E-state index in [1.807, 2.05) is 18.2 Å². The van der Waals surface area contributed by atoms with Crippen LogP contribution < -0.4 is 0 Å². The van der Waals surface area contributed by atoms with Crippen molar-refractivity contribution in [2.24, 2.45) is 0 Å². The molecular weight excluding hydrogens is 534 g/mol. The summed E-state index contributed by atoms with van der Waals surface area (Å²) in [6.45, 7) is 0. The maximum atomic E-state index is 9.34. The molecule has 0 atom stereocenters. The molecule has 3 nitrogen and oxygen atoms in total. The molecule has 9 rings (SSSR count). The Balaban J connectivity index is 1.23. The number of hydrogen-bond donors (Lipinski definition) is 0. The summed E-state index contributed by atoms with van der Waals surface area (Å²) in [6, 6.07) is 56.2. The zero-order valence-electron chi connectivity index (χ0n) is 23.8. The van der Waals surface area contributed by atoms with Crippen molar-refractivity contribution < 1.29 is 0 Å². The minimum Gasteiger partial charge on any atom is -0.309 e. The van der Waals surface area contributed by atoms with Gasteiger partial charge in [-0.2, -0.15) is 5.26 Å². The average molecular weight is 560 g/mol. The monoisotopic (exact) mass is 559 g/mol. The van der Waals surface area contributed by atoms with Gasteiger partial charge in [-0.1, -0.05) is 78.9 Å². The van der Waals surface area contributed by atoms with Crippen LogP contribution in [0.4, 0.5) is 0 Å². The lowest BCUT2D eigenvalue weighted by Crippen LogP contribution is -1.94. The standard InChI is InChI=1S/C41H25N3/c42-26-27-14-15-29-23-33(19-16-28(29)22-27)44-39-13-7-5-11-35(39)37-25-31(18-21-41(37)44)30-17-20-40-36(24-30)34-10-4-6-12-38(34)43(40)32-8-2-1-3-9-32/h1-25H. The second-order valence-corrected chi connectivity index (χ2v) is 11.4. The molecule has 44 heavy (non-hydrogen) atoms. The van der Waals surface area contributed by atoms with Crippen molar-refractivity contribution in [3.8, 4) is 28.6 Å². The van der Waals surface area contributed by atoms with Gasteiger partial charge in [-0.3, -0.25) is 0 Å². The minimum atomic E-state index is 0.678. The number of aromatic nitrogens is 2. The van der Waals surface area contributed by atoms with Crippen molar-refractivity contribution in [2.45, 2.75) is 0 Å². The summed E-state index contributed by atoms with van der Waals surface area (Å²) < 4.78 is 4.71. The van der Waals surface area contributed by atoms with Crippen LogP contribution >= 0.6 is 0 Å². The molecule has 204 valence electrons. The predicted molar refractivity (Wildman–Crippen MR) is 183 cm³/mol. The van der Waals surface area contributed by atoms with Gasteiger partial charge in [-0.25, -0.2) is 0 Å². The van der Waals surface area contributed by atoms with E-state index >= 15 is 0 Å². The van der Waals surface area contributed by atoms with Crippen LogP contribution in [0.2, 0.25) is 0 Å². The van der Waals surface area contributed by atoms with Crippen LogP contribution in [0.5, 0.6) is 0 Å². The Morgan fingerprint density at radius 3 is 1.55 bits per heavy atom. The molecule has 0 N–H and O–H groups in total. The minimum absolute atomic E-state index is 0.678. The van der Waals surface area contributed by atoms with Gasteiger partial charge in [0.1, 0.15) is 0 Å². The van der Waals surface area contributed by atoms with E-state index < -0.39 is 0 Å². The Morgan fingerprint density at radius 1 is 0.386 bits per heavy atom. The molecule has 0 saturated heterocycles. The average Bonchev–Trinajstić information content (AvgIpc) is 3.60. The van der Waals surface area contributed by atoms with E-state index in [1.54, 1.807) is 0 Å². The normalized spacial score (nSPS) is 11.6. The van der Waals surface area contributed by atoms with Gasteiger partial charge in [0.15, 0.2) is 0 Å². The molecule has 0 saturated carbocycles. The third kappa shape index (κ3) is 3.62. The van der Waals surface area contributed by atoms with Gasteiger partial charge in [0.25, 0.3) is 0 Å². The van der Waals surface area contributed by atoms with Crippen molar-refractivity contribution in [2.75, 3.05) is 0 Å². The summed E-state index contributed by atoms with van der Waals surface area (Å²) in [4.78, 5) is 0. The smallest absolute Gasteiger partial charge is 0.0991 e. The van der Waals surface area contributed by atoms with Crippen LogP contribution in [-0.2, 0) is 0 Å². The Labute approximate surface area is 254 Å². The van der Waals surface area contributed by atoms with E-state index in [-0.39, 0.29) is 0 Å². The van der Waals surface area contributed by atoms with E-state index in [0.29, 0.717) is 5.56 Å². The molecule has 3 heteroatoms. The first-order chi connectivity index (χ1) is 21.8. The molecule has 7 aromatic carbocycles. The zero-order valence-corrected chi connectivity index (χ0v) is 23.8. The quantitative estimate of drug-likeness (QED) is 0.212. The van der Waals surface area contributed by atoms with Gasteiger partial charge in [-0.15, -0.1) is 0 Å². The van der Waals surface area contributed by atoms with Crippen LogP contribution in [0.3, 0.4) is 0 Å². The van der Waals surface area contributed by atoms with Crippen LogP contribution in [0.15, 0.2) is 152 Å². The Kier molecular flexibility index (Phi) is 5.26. The van der Waals surface area contributed by atoms with Gasteiger partial charge < -0.3 is 9.13 Å². The van der Waals surface area contributed by atoms with Gasteiger partial charge >= 0.3 is 0 Å². The third-order valence-corrected chi connectivity index (χ3v) is 8.90. The molecule has 0 spiro atoms. The number of rotatable bonds is 3. The van der Waals surface area contributed by atoms with E-state index in [1.165, 1.54) is 60.4 Å². The Bertz CT molecular complexity index is 2610. The topological polar surface area (TPSA) is 33.6 Å². The highest BCUT2D eigenvalue weighted by Crippen LogP contribution is 2.38. The van der Waals surface area contributed by atoms with Gasteiger partial charge in [0, 0.05) is 32.9 Å². The maximum Gasteiger partial charge on any atom is 0.0991 e. The van der Waals surface area contributed by atoms with Crippen molar-refractivity contribution in [3.05, 3.63) is 157 Å². The Morgan fingerprint density at radius 2 is 0.909 bits per heavy atom. The number of hydrogen-bond acceptors (Lipinski definition) is 1. The second-order valence-electron chi connectivity index (χ2n) is 11.4. The van der Waals surface area contributed by atoms with Crippen LogP contribution in [0.25, 0.3) is 76.9 Å².